The van der Waals surface area contributed by atoms with Crippen LogP contribution in [0.15, 0.2) is 42.9 Å². The highest BCUT2D eigenvalue weighted by Crippen LogP contribution is 2.37. The van der Waals surface area contributed by atoms with E-state index in [9.17, 15) is 0 Å². The zero-order valence-electron chi connectivity index (χ0n) is 13.4. The van der Waals surface area contributed by atoms with Gasteiger partial charge in [0.05, 0.1) is 19.0 Å². The van der Waals surface area contributed by atoms with Gasteiger partial charge in [-0.25, -0.2) is 14.6 Å². The number of anilines is 1. The third kappa shape index (κ3) is 3.19. The van der Waals surface area contributed by atoms with E-state index in [0.717, 1.165) is 22.8 Å². The second kappa shape index (κ2) is 6.27. The summed E-state index contributed by atoms with van der Waals surface area (Å²) in [5.41, 5.74) is 1.92. The van der Waals surface area contributed by atoms with E-state index < -0.39 is 0 Å². The van der Waals surface area contributed by atoms with Crippen molar-refractivity contribution < 1.29 is 4.74 Å². The maximum atomic E-state index is 5.23. The summed E-state index contributed by atoms with van der Waals surface area (Å²) < 4.78 is 6.93. The molecule has 0 atom stereocenters. The number of hydrogen-bond donors (Lipinski definition) is 1. The molecule has 1 aromatic carbocycles. The molecule has 24 heavy (non-hydrogen) atoms. The van der Waals surface area contributed by atoms with Gasteiger partial charge in [0, 0.05) is 36.5 Å². The van der Waals surface area contributed by atoms with Crippen LogP contribution < -0.4 is 10.1 Å². The van der Waals surface area contributed by atoms with Gasteiger partial charge in [-0.05, 0) is 25.0 Å². The van der Waals surface area contributed by atoms with Gasteiger partial charge < -0.3 is 10.1 Å². The van der Waals surface area contributed by atoms with Crippen molar-refractivity contribution in [2.24, 2.45) is 0 Å². The van der Waals surface area contributed by atoms with Crippen molar-refractivity contribution in [1.29, 1.82) is 0 Å². The number of nitrogens with one attached hydrogen (secondary N) is 1. The topological polar surface area (TPSA) is 77.8 Å². The molecule has 3 aromatic rings. The number of hydrogen-bond acceptors (Lipinski definition) is 6. The Morgan fingerprint density at radius 1 is 1.25 bits per heavy atom. The van der Waals surface area contributed by atoms with Crippen LogP contribution in [-0.4, -0.2) is 32.1 Å². The highest BCUT2D eigenvalue weighted by Gasteiger charge is 2.26. The summed E-state index contributed by atoms with van der Waals surface area (Å²) in [6, 6.07) is 7.67. The summed E-state index contributed by atoms with van der Waals surface area (Å²) in [7, 11) is 1.64. The van der Waals surface area contributed by atoms with E-state index in [2.05, 4.69) is 25.6 Å². The number of nitrogens with zero attached hydrogens (tertiary/aromatic N) is 5. The summed E-state index contributed by atoms with van der Waals surface area (Å²) in [6.07, 6.45) is 8.02. The fourth-order valence-electron chi connectivity index (χ4n) is 2.43. The van der Waals surface area contributed by atoms with Gasteiger partial charge in [0.15, 0.2) is 5.82 Å². The Morgan fingerprint density at radius 2 is 2.08 bits per heavy atom. The minimum atomic E-state index is 0.578. The zero-order chi connectivity index (χ0) is 16.4. The molecular formula is C17H18N6O. The van der Waals surface area contributed by atoms with E-state index in [0.29, 0.717) is 18.3 Å². The molecule has 0 amide bonds. The Labute approximate surface area is 139 Å². The molecule has 0 saturated heterocycles. The molecular weight excluding hydrogens is 304 g/mol. The van der Waals surface area contributed by atoms with Crippen LogP contribution in [0.3, 0.4) is 0 Å². The summed E-state index contributed by atoms with van der Waals surface area (Å²) in [5, 5.41) is 11.5. The smallest absolute Gasteiger partial charge is 0.169 e. The summed E-state index contributed by atoms with van der Waals surface area (Å²) in [5.74, 6) is 3.02. The van der Waals surface area contributed by atoms with Gasteiger partial charge in [0.1, 0.15) is 11.6 Å². The van der Waals surface area contributed by atoms with Crippen molar-refractivity contribution in [2.45, 2.75) is 25.3 Å². The largest absolute Gasteiger partial charge is 0.497 e. The predicted octanol–water partition coefficient (Wildman–Crippen LogP) is 2.56. The molecule has 2 heterocycles. The number of aromatic nitrogens is 5. The molecule has 4 rings (SSSR count). The first-order chi connectivity index (χ1) is 11.8. The summed E-state index contributed by atoms with van der Waals surface area (Å²) >= 11 is 0. The second-order valence-corrected chi connectivity index (χ2v) is 5.83. The standard InChI is InChI=1S/C17H18N6O/c1-24-15-4-2-3-14(7-15)23-11-16(21-22-23)18-8-12-9-19-17(20-10-12)13-5-6-13/h2-4,7,9-11,13,18H,5-6,8H2,1H3. The first-order valence-corrected chi connectivity index (χ1v) is 7.93. The van der Waals surface area contributed by atoms with Gasteiger partial charge >= 0.3 is 0 Å². The van der Waals surface area contributed by atoms with Crippen molar-refractivity contribution in [3.8, 4) is 11.4 Å². The maximum absolute atomic E-state index is 5.23. The van der Waals surface area contributed by atoms with Crippen LogP contribution in [0.25, 0.3) is 5.69 Å². The quantitative estimate of drug-likeness (QED) is 0.751. The fraction of sp³-hybridized carbons (Fsp3) is 0.294. The molecule has 0 unspecified atom stereocenters. The molecule has 7 heteroatoms. The highest BCUT2D eigenvalue weighted by molar-refractivity contribution is 5.41. The lowest BCUT2D eigenvalue weighted by Crippen LogP contribution is -2.02. The first-order valence-electron chi connectivity index (χ1n) is 7.93. The van der Waals surface area contributed by atoms with E-state index in [1.54, 1.807) is 11.8 Å². The van der Waals surface area contributed by atoms with Gasteiger partial charge in [-0.15, -0.1) is 5.10 Å². The molecule has 0 bridgehead atoms. The van der Waals surface area contributed by atoms with Crippen molar-refractivity contribution >= 4 is 5.82 Å². The van der Waals surface area contributed by atoms with Crippen LogP contribution in [-0.2, 0) is 6.54 Å². The van der Waals surface area contributed by atoms with Crippen LogP contribution in [0.1, 0.15) is 30.1 Å². The van der Waals surface area contributed by atoms with Crippen molar-refractivity contribution in [2.75, 3.05) is 12.4 Å². The van der Waals surface area contributed by atoms with Gasteiger partial charge in [-0.1, -0.05) is 11.3 Å². The number of rotatable bonds is 6. The average Bonchev–Trinajstić information content (AvgIpc) is 3.38. The lowest BCUT2D eigenvalue weighted by Gasteiger charge is -2.04. The van der Waals surface area contributed by atoms with Crippen LogP contribution in [0.5, 0.6) is 5.75 Å². The van der Waals surface area contributed by atoms with Gasteiger partial charge in [-0.2, -0.15) is 0 Å². The maximum Gasteiger partial charge on any atom is 0.169 e. The van der Waals surface area contributed by atoms with E-state index in [1.165, 1.54) is 12.8 Å². The molecule has 1 fully saturated rings. The normalized spacial score (nSPS) is 13.7. The molecule has 1 aliphatic rings. The average molecular weight is 322 g/mol. The molecule has 0 spiro atoms. The summed E-state index contributed by atoms with van der Waals surface area (Å²) in [4.78, 5) is 8.84. The number of benzene rings is 1. The highest BCUT2D eigenvalue weighted by atomic mass is 16.5. The molecule has 1 N–H and O–H groups in total. The van der Waals surface area contributed by atoms with Crippen molar-refractivity contribution in [3.63, 3.8) is 0 Å². The monoisotopic (exact) mass is 322 g/mol. The molecule has 2 aromatic heterocycles. The van der Waals surface area contributed by atoms with E-state index in [1.807, 2.05) is 42.9 Å². The molecule has 1 aliphatic carbocycles. The SMILES string of the molecule is COc1cccc(-n2cc(NCc3cnc(C4CC4)nc3)nn2)c1. The fourth-order valence-corrected chi connectivity index (χ4v) is 2.43. The first kappa shape index (κ1) is 14.6. The third-order valence-electron chi connectivity index (χ3n) is 3.95. The number of methoxy groups -OCH3 is 1. The molecule has 122 valence electrons. The van der Waals surface area contributed by atoms with Crippen molar-refractivity contribution in [3.05, 3.63) is 54.2 Å². The summed E-state index contributed by atoms with van der Waals surface area (Å²) in [6.45, 7) is 0.613. The Balaban J connectivity index is 1.41. The van der Waals surface area contributed by atoms with Gasteiger partial charge in [0.25, 0.3) is 0 Å². The molecule has 1 saturated carbocycles. The van der Waals surface area contributed by atoms with Crippen LogP contribution in [0, 0.1) is 0 Å². The van der Waals surface area contributed by atoms with Crippen LogP contribution in [0.2, 0.25) is 0 Å². The van der Waals surface area contributed by atoms with Crippen LogP contribution in [0.4, 0.5) is 5.82 Å². The molecule has 0 radical (unpaired) electrons. The number of ether oxygens (including phenoxy) is 1. The van der Waals surface area contributed by atoms with Gasteiger partial charge in [0.2, 0.25) is 0 Å². The lowest BCUT2D eigenvalue weighted by atomic mass is 10.3. The van der Waals surface area contributed by atoms with E-state index >= 15 is 0 Å². The Kier molecular flexibility index (Phi) is 3.82. The second-order valence-electron chi connectivity index (χ2n) is 5.83. The van der Waals surface area contributed by atoms with E-state index in [4.69, 9.17) is 4.74 Å². The van der Waals surface area contributed by atoms with Crippen molar-refractivity contribution in [1.82, 2.24) is 25.0 Å². The Bertz CT molecular complexity index is 825. The third-order valence-corrected chi connectivity index (χ3v) is 3.95. The minimum Gasteiger partial charge on any atom is -0.497 e. The Morgan fingerprint density at radius 3 is 2.83 bits per heavy atom. The van der Waals surface area contributed by atoms with E-state index in [-0.39, 0.29) is 0 Å². The zero-order valence-corrected chi connectivity index (χ0v) is 13.4. The van der Waals surface area contributed by atoms with Crippen LogP contribution >= 0.6 is 0 Å². The predicted molar refractivity (Wildman–Crippen MR) is 89.2 cm³/mol. The lowest BCUT2D eigenvalue weighted by molar-refractivity contribution is 0.414. The minimum absolute atomic E-state index is 0.578. The Hall–Kier alpha value is -2.96. The van der Waals surface area contributed by atoms with Gasteiger partial charge in [-0.3, -0.25) is 0 Å². The molecule has 0 aliphatic heterocycles. The molecule has 7 nitrogen and oxygen atoms in total.